The summed E-state index contributed by atoms with van der Waals surface area (Å²) in [6.45, 7) is 0. The zero-order valence-electron chi connectivity index (χ0n) is 10.6. The summed E-state index contributed by atoms with van der Waals surface area (Å²) >= 11 is 0. The molecule has 0 bridgehead atoms. The van der Waals surface area contributed by atoms with Crippen molar-refractivity contribution in [2.75, 3.05) is 5.43 Å². The Labute approximate surface area is 115 Å². The largest absolute Gasteiger partial charge is 0.298 e. The van der Waals surface area contributed by atoms with Crippen LogP contribution in [0.4, 0.5) is 5.69 Å². The van der Waals surface area contributed by atoms with Crippen LogP contribution < -0.4 is 22.1 Å². The Balaban J connectivity index is 2.51. The van der Waals surface area contributed by atoms with Crippen LogP contribution in [0.2, 0.25) is 0 Å². The molecule has 0 heterocycles. The van der Waals surface area contributed by atoms with Crippen LogP contribution in [0.5, 0.6) is 0 Å². The average molecular weight is 270 g/mol. The maximum absolute atomic E-state index is 11.8. The number of anilines is 1. The zero-order valence-corrected chi connectivity index (χ0v) is 10.6. The molecule has 6 heteroatoms. The second-order valence-corrected chi connectivity index (χ2v) is 3.95. The molecule has 0 spiro atoms. The van der Waals surface area contributed by atoms with Crippen LogP contribution in [0.1, 0.15) is 10.4 Å². The first-order valence-corrected chi connectivity index (χ1v) is 5.92. The SMILES string of the molecule is NNC(=O)c1ccccc1-c1ccccc1NNC=O. The number of nitrogens with two attached hydrogens (primary N) is 1. The van der Waals surface area contributed by atoms with Crippen molar-refractivity contribution in [3.05, 3.63) is 54.1 Å². The topological polar surface area (TPSA) is 96.2 Å². The number of amides is 2. The van der Waals surface area contributed by atoms with Gasteiger partial charge in [0.15, 0.2) is 0 Å². The predicted molar refractivity (Wildman–Crippen MR) is 76.4 cm³/mol. The number of hydrogen-bond acceptors (Lipinski definition) is 4. The van der Waals surface area contributed by atoms with Gasteiger partial charge in [0.1, 0.15) is 0 Å². The molecule has 0 fully saturated rings. The fraction of sp³-hybridized carbons (Fsp3) is 0. The molecule has 0 aliphatic carbocycles. The van der Waals surface area contributed by atoms with Gasteiger partial charge in [-0.3, -0.25) is 25.9 Å². The van der Waals surface area contributed by atoms with Gasteiger partial charge in [0.2, 0.25) is 6.41 Å². The number of rotatable bonds is 5. The van der Waals surface area contributed by atoms with Crippen LogP contribution in [0.15, 0.2) is 48.5 Å². The molecular formula is C14H14N4O2. The van der Waals surface area contributed by atoms with E-state index in [-0.39, 0.29) is 5.91 Å². The van der Waals surface area contributed by atoms with Crippen LogP contribution in [-0.2, 0) is 4.79 Å². The van der Waals surface area contributed by atoms with Gasteiger partial charge in [0.25, 0.3) is 5.91 Å². The molecule has 2 amide bonds. The van der Waals surface area contributed by atoms with Crippen LogP contribution in [0, 0.1) is 0 Å². The minimum absolute atomic E-state index is 0.376. The van der Waals surface area contributed by atoms with Gasteiger partial charge in [0.05, 0.1) is 5.69 Å². The minimum atomic E-state index is -0.376. The van der Waals surface area contributed by atoms with Crippen LogP contribution in [0.3, 0.4) is 0 Å². The van der Waals surface area contributed by atoms with Gasteiger partial charge in [0, 0.05) is 11.1 Å². The highest BCUT2D eigenvalue weighted by molar-refractivity contribution is 6.02. The number of carbonyl (C=O) groups is 2. The molecule has 0 aliphatic rings. The van der Waals surface area contributed by atoms with Gasteiger partial charge in [-0.15, -0.1) is 0 Å². The highest BCUT2D eigenvalue weighted by Gasteiger charge is 2.13. The average Bonchev–Trinajstić information content (AvgIpc) is 2.52. The summed E-state index contributed by atoms with van der Waals surface area (Å²) in [7, 11) is 0. The third-order valence-electron chi connectivity index (χ3n) is 2.79. The van der Waals surface area contributed by atoms with Crippen molar-refractivity contribution >= 4 is 18.0 Å². The maximum Gasteiger partial charge on any atom is 0.265 e. The van der Waals surface area contributed by atoms with Gasteiger partial charge in [-0.1, -0.05) is 36.4 Å². The molecule has 0 unspecified atom stereocenters. The third kappa shape index (κ3) is 2.76. The Morgan fingerprint density at radius 3 is 2.35 bits per heavy atom. The molecule has 2 aromatic carbocycles. The molecule has 102 valence electrons. The zero-order chi connectivity index (χ0) is 14.4. The van der Waals surface area contributed by atoms with Crippen molar-refractivity contribution in [3.8, 4) is 11.1 Å². The molecule has 0 saturated carbocycles. The van der Waals surface area contributed by atoms with E-state index in [1.165, 1.54) is 0 Å². The van der Waals surface area contributed by atoms with E-state index in [9.17, 15) is 9.59 Å². The molecule has 2 aromatic rings. The molecule has 5 N–H and O–H groups in total. The molecule has 0 aliphatic heterocycles. The quantitative estimate of drug-likeness (QED) is 0.282. The number of nitrogen functional groups attached to an aromatic ring is 1. The number of nitrogens with one attached hydrogen (secondary N) is 3. The summed E-state index contributed by atoms with van der Waals surface area (Å²) in [6.07, 6.45) is 0.537. The first kappa shape index (κ1) is 13.6. The van der Waals surface area contributed by atoms with E-state index in [4.69, 9.17) is 5.84 Å². The molecule has 0 atom stereocenters. The summed E-state index contributed by atoms with van der Waals surface area (Å²) in [5.41, 5.74) is 9.89. The summed E-state index contributed by atoms with van der Waals surface area (Å²) in [5, 5.41) is 0. The summed E-state index contributed by atoms with van der Waals surface area (Å²) in [5.74, 6) is 4.82. The first-order valence-electron chi connectivity index (χ1n) is 5.92. The molecule has 0 radical (unpaired) electrons. The predicted octanol–water partition coefficient (Wildman–Crippen LogP) is 1.03. The van der Waals surface area contributed by atoms with Gasteiger partial charge in [-0.2, -0.15) is 0 Å². The molecule has 2 rings (SSSR count). The highest BCUT2D eigenvalue weighted by Crippen LogP contribution is 2.30. The number of benzene rings is 2. The standard InChI is InChI=1S/C14H14N4O2/c15-17-14(20)12-7-2-1-5-10(12)11-6-3-4-8-13(11)18-16-9-19/h1-9,18H,15H2,(H,16,19)(H,17,20). The van der Waals surface area contributed by atoms with Crippen molar-refractivity contribution < 1.29 is 9.59 Å². The van der Waals surface area contributed by atoms with E-state index in [1.54, 1.807) is 18.2 Å². The van der Waals surface area contributed by atoms with Crippen molar-refractivity contribution in [1.82, 2.24) is 10.9 Å². The van der Waals surface area contributed by atoms with Gasteiger partial charge in [-0.25, -0.2) is 5.84 Å². The lowest BCUT2D eigenvalue weighted by molar-refractivity contribution is -0.109. The Morgan fingerprint density at radius 1 is 1.00 bits per heavy atom. The Bertz CT molecular complexity index is 628. The lowest BCUT2D eigenvalue weighted by atomic mass is 9.98. The fourth-order valence-corrected chi connectivity index (χ4v) is 1.93. The monoisotopic (exact) mass is 270 g/mol. The van der Waals surface area contributed by atoms with E-state index in [1.807, 2.05) is 30.3 Å². The van der Waals surface area contributed by atoms with Crippen LogP contribution in [0.25, 0.3) is 11.1 Å². The fourth-order valence-electron chi connectivity index (χ4n) is 1.93. The second-order valence-electron chi connectivity index (χ2n) is 3.95. The first-order chi connectivity index (χ1) is 9.77. The molecule has 20 heavy (non-hydrogen) atoms. The molecule has 6 nitrogen and oxygen atoms in total. The Hall–Kier alpha value is -2.86. The van der Waals surface area contributed by atoms with E-state index in [0.717, 1.165) is 5.56 Å². The van der Waals surface area contributed by atoms with Crippen molar-refractivity contribution in [2.45, 2.75) is 0 Å². The normalized spacial score (nSPS) is 9.65. The Kier molecular flexibility index (Phi) is 4.31. The van der Waals surface area contributed by atoms with Crippen molar-refractivity contribution in [2.24, 2.45) is 5.84 Å². The van der Waals surface area contributed by atoms with Crippen molar-refractivity contribution in [1.29, 1.82) is 0 Å². The van der Waals surface area contributed by atoms with Crippen molar-refractivity contribution in [3.63, 3.8) is 0 Å². The molecular weight excluding hydrogens is 256 g/mol. The second kappa shape index (κ2) is 6.35. The van der Waals surface area contributed by atoms with Crippen LogP contribution >= 0.6 is 0 Å². The smallest absolute Gasteiger partial charge is 0.265 e. The van der Waals surface area contributed by atoms with E-state index in [0.29, 0.717) is 23.2 Å². The lowest BCUT2D eigenvalue weighted by Gasteiger charge is -2.13. The Morgan fingerprint density at radius 2 is 1.65 bits per heavy atom. The summed E-state index contributed by atoms with van der Waals surface area (Å²) in [4.78, 5) is 22.2. The van der Waals surface area contributed by atoms with E-state index >= 15 is 0 Å². The highest BCUT2D eigenvalue weighted by atomic mass is 16.2. The lowest BCUT2D eigenvalue weighted by Crippen LogP contribution is -2.30. The summed E-state index contributed by atoms with van der Waals surface area (Å²) in [6, 6.07) is 14.4. The number of hydrogen-bond donors (Lipinski definition) is 4. The number of para-hydroxylation sites is 1. The summed E-state index contributed by atoms with van der Waals surface area (Å²) < 4.78 is 0. The van der Waals surface area contributed by atoms with Crippen LogP contribution in [-0.4, -0.2) is 12.3 Å². The van der Waals surface area contributed by atoms with Gasteiger partial charge in [-0.05, 0) is 17.7 Å². The molecule has 0 saturated heterocycles. The number of carbonyl (C=O) groups excluding carboxylic acids is 2. The number of hydrazine groups is 2. The minimum Gasteiger partial charge on any atom is -0.298 e. The third-order valence-corrected chi connectivity index (χ3v) is 2.79. The van der Waals surface area contributed by atoms with Gasteiger partial charge < -0.3 is 0 Å². The van der Waals surface area contributed by atoms with E-state index < -0.39 is 0 Å². The van der Waals surface area contributed by atoms with E-state index in [2.05, 4.69) is 16.3 Å². The van der Waals surface area contributed by atoms with Gasteiger partial charge >= 0.3 is 0 Å². The maximum atomic E-state index is 11.8. The molecule has 0 aromatic heterocycles.